The van der Waals surface area contributed by atoms with Gasteiger partial charge < -0.3 is 49.5 Å². The molecule has 0 aromatic heterocycles. The highest BCUT2D eigenvalue weighted by atomic mass is 79.9. The van der Waals surface area contributed by atoms with Crippen LogP contribution in [0.5, 0.6) is 0 Å². The van der Waals surface area contributed by atoms with E-state index in [0.717, 1.165) is 24.6 Å². The van der Waals surface area contributed by atoms with Gasteiger partial charge in [0.05, 0.1) is 35.9 Å². The van der Waals surface area contributed by atoms with Crippen molar-refractivity contribution in [3.05, 3.63) is 0 Å². The lowest BCUT2D eigenvalue weighted by molar-refractivity contribution is -0.147. The first kappa shape index (κ1) is 69.7. The molecule has 0 saturated carbocycles. The quantitative estimate of drug-likeness (QED) is 0.0479. The van der Waals surface area contributed by atoms with Crippen molar-refractivity contribution in [1.29, 1.82) is 0 Å². The molecular formula is C58H106BrN3O13. The van der Waals surface area contributed by atoms with Crippen LogP contribution in [0.4, 0.5) is 14.4 Å². The molecular weight excluding hydrogens is 1030 g/mol. The van der Waals surface area contributed by atoms with Gasteiger partial charge in [0.25, 0.3) is 0 Å². The lowest BCUT2D eigenvalue weighted by Gasteiger charge is -2.30. The third-order valence-electron chi connectivity index (χ3n) is 14.5. The highest BCUT2D eigenvalue weighted by Gasteiger charge is 2.45. The molecule has 0 aromatic carbocycles. The molecule has 0 aliphatic carbocycles. The summed E-state index contributed by atoms with van der Waals surface area (Å²) in [7, 11) is 0. The molecule has 3 aliphatic rings. The van der Waals surface area contributed by atoms with Crippen molar-refractivity contribution in [2.75, 3.05) is 11.9 Å². The molecule has 0 aromatic rings. The molecule has 17 heteroatoms. The van der Waals surface area contributed by atoms with Crippen LogP contribution in [0.1, 0.15) is 197 Å². The Morgan fingerprint density at radius 2 is 0.760 bits per heavy atom. The number of rotatable bonds is 21. The van der Waals surface area contributed by atoms with Gasteiger partial charge in [-0.05, 0) is 154 Å². The molecule has 3 rings (SSSR count). The molecule has 3 fully saturated rings. The standard InChI is InChI=1S/C20H37NO4.C19H34BrNO4.C19H35NO5/c1-9-14(12(2)3)10-16(21-19(23)25-20(6,7)8)17-11-15(13(4)5)18(22)24-17;1-11(2)13(10-20)8-15(21-18(23)25-19(5,6)7)16-9-14(12(3)4)17(22)24-16;1-11(2)13(10-21)8-15(20-18(23)25-19(5,6)7)16-9-14(12(3)4)17(22)24-16/h12-17H,9-11H2,1-8H3,(H,21,23);11-16H,8-10H2,1-7H3,(H,21,23);11-16,21H,8-10H2,1-7H3,(H,20,23)/t14-,15-,16-,17-;2*13-,14+,15+,16+/m011/s1. The van der Waals surface area contributed by atoms with Crippen molar-refractivity contribution < 1.29 is 62.3 Å². The number of esters is 3. The van der Waals surface area contributed by atoms with Gasteiger partial charge in [0.15, 0.2) is 0 Å². The smallest absolute Gasteiger partial charge is 0.408 e. The summed E-state index contributed by atoms with van der Waals surface area (Å²) in [4.78, 5) is 73.2. The number of nitrogens with one attached hydrogen (secondary N) is 3. The number of aliphatic hydroxyl groups is 1. The zero-order valence-electron chi connectivity index (χ0n) is 50.5. The molecule has 75 heavy (non-hydrogen) atoms. The Morgan fingerprint density at radius 1 is 0.507 bits per heavy atom. The number of cyclic esters (lactones) is 3. The second-order valence-corrected chi connectivity index (χ2v) is 27.1. The Hall–Kier alpha value is -3.34. The van der Waals surface area contributed by atoms with Gasteiger partial charge in [-0.3, -0.25) is 14.4 Å². The second kappa shape index (κ2) is 31.3. The van der Waals surface area contributed by atoms with E-state index in [1.165, 1.54) is 0 Å². The molecule has 12 atom stereocenters. The van der Waals surface area contributed by atoms with Gasteiger partial charge in [0.1, 0.15) is 35.1 Å². The summed E-state index contributed by atoms with van der Waals surface area (Å²) in [5.74, 6) is 1.87. The second-order valence-electron chi connectivity index (χ2n) is 26.4. The van der Waals surface area contributed by atoms with Gasteiger partial charge in [0.2, 0.25) is 0 Å². The van der Waals surface area contributed by atoms with Crippen molar-refractivity contribution in [2.24, 2.45) is 71.0 Å². The fourth-order valence-corrected chi connectivity index (χ4v) is 10.5. The van der Waals surface area contributed by atoms with Crippen molar-refractivity contribution in [3.8, 4) is 0 Å². The third kappa shape index (κ3) is 25.8. The number of alkyl carbamates (subject to hydrolysis) is 3. The molecule has 0 spiro atoms. The van der Waals surface area contributed by atoms with Gasteiger partial charge in [-0.15, -0.1) is 0 Å². The Balaban J connectivity index is 0.000000562. The zero-order chi connectivity index (χ0) is 58.1. The minimum Gasteiger partial charge on any atom is -0.460 e. The number of aliphatic hydroxyl groups excluding tert-OH is 1. The summed E-state index contributed by atoms with van der Waals surface area (Å²) in [6.07, 6.45) is 2.58. The summed E-state index contributed by atoms with van der Waals surface area (Å²) in [5, 5.41) is 19.3. The Morgan fingerprint density at radius 3 is 0.947 bits per heavy atom. The third-order valence-corrected chi connectivity index (χ3v) is 15.3. The molecule has 3 heterocycles. The van der Waals surface area contributed by atoms with Crippen LogP contribution in [-0.4, -0.2) is 106 Å². The molecule has 0 unspecified atom stereocenters. The minimum atomic E-state index is -0.601. The normalized spacial score (nSPS) is 23.5. The topological polar surface area (TPSA) is 214 Å². The van der Waals surface area contributed by atoms with Crippen LogP contribution in [0, 0.1) is 71.0 Å². The van der Waals surface area contributed by atoms with Crippen LogP contribution in [0.2, 0.25) is 0 Å². The van der Waals surface area contributed by atoms with Crippen LogP contribution in [-0.2, 0) is 42.8 Å². The molecule has 3 amide bonds. The number of halogens is 1. The van der Waals surface area contributed by atoms with Gasteiger partial charge in [-0.1, -0.05) is 112 Å². The largest absolute Gasteiger partial charge is 0.460 e. The number of ether oxygens (including phenoxy) is 6. The van der Waals surface area contributed by atoms with Crippen LogP contribution in [0.3, 0.4) is 0 Å². The predicted molar refractivity (Wildman–Crippen MR) is 298 cm³/mol. The summed E-state index contributed by atoms with van der Waals surface area (Å²) in [6, 6.07) is -0.829. The molecule has 0 bridgehead atoms. The van der Waals surface area contributed by atoms with E-state index < -0.39 is 35.1 Å². The molecule has 3 aliphatic heterocycles. The van der Waals surface area contributed by atoms with E-state index >= 15 is 0 Å². The van der Waals surface area contributed by atoms with Gasteiger partial charge >= 0.3 is 36.2 Å². The maximum absolute atomic E-state index is 12.3. The molecule has 3 saturated heterocycles. The lowest BCUT2D eigenvalue weighted by atomic mass is 9.83. The average molecular weight is 1130 g/mol. The highest BCUT2D eigenvalue weighted by Crippen LogP contribution is 2.35. The van der Waals surface area contributed by atoms with E-state index in [1.54, 1.807) is 20.8 Å². The van der Waals surface area contributed by atoms with Crippen molar-refractivity contribution in [1.82, 2.24) is 16.0 Å². The van der Waals surface area contributed by atoms with Gasteiger partial charge in [-0.2, -0.15) is 0 Å². The predicted octanol–water partition coefficient (Wildman–Crippen LogP) is 12.2. The van der Waals surface area contributed by atoms with E-state index in [2.05, 4.69) is 66.5 Å². The summed E-state index contributed by atoms with van der Waals surface area (Å²) < 4.78 is 33.0. The first-order valence-corrected chi connectivity index (χ1v) is 29.2. The van der Waals surface area contributed by atoms with Crippen LogP contribution < -0.4 is 16.0 Å². The first-order chi connectivity index (χ1) is 34.3. The Bertz CT molecular complexity index is 1570. The van der Waals surface area contributed by atoms with E-state index in [1.807, 2.05) is 96.9 Å². The van der Waals surface area contributed by atoms with E-state index in [-0.39, 0.29) is 108 Å². The molecule has 0 radical (unpaired) electrons. The maximum atomic E-state index is 12.3. The summed E-state index contributed by atoms with van der Waals surface area (Å²) >= 11 is 3.56. The molecule has 438 valence electrons. The minimum absolute atomic E-state index is 0.0109. The first-order valence-electron chi connectivity index (χ1n) is 28.1. The molecule has 4 N–H and O–H groups in total. The number of hydrogen-bond donors (Lipinski definition) is 4. The van der Waals surface area contributed by atoms with Crippen LogP contribution >= 0.6 is 15.9 Å². The summed E-state index contributed by atoms with van der Waals surface area (Å²) in [5.41, 5.74) is -1.71. The fraction of sp³-hybridized carbons (Fsp3) is 0.897. The highest BCUT2D eigenvalue weighted by molar-refractivity contribution is 9.09. The Kier molecular flexibility index (Phi) is 29.1. The van der Waals surface area contributed by atoms with Crippen molar-refractivity contribution in [3.63, 3.8) is 0 Å². The number of amides is 3. The van der Waals surface area contributed by atoms with E-state index in [4.69, 9.17) is 28.4 Å². The van der Waals surface area contributed by atoms with E-state index in [9.17, 15) is 33.9 Å². The number of hydrogen-bond acceptors (Lipinski definition) is 13. The van der Waals surface area contributed by atoms with Crippen LogP contribution in [0.15, 0.2) is 0 Å². The lowest BCUT2D eigenvalue weighted by Crippen LogP contribution is -2.47. The SMILES string of the molecule is CC(C)[C@@H](CBr)C[C@H](NC(=O)OC(C)(C)C)[C@@H]1C[C@@H](C(C)C)C(=O)O1.CC(C)[C@@H](CO)C[C@H](NC(=O)OC(C)(C)C)[C@@H]1C[C@@H](C(C)C)C(=O)O1.CC[C@@H](C[C@H](NC(=O)OC(C)(C)C)[C@@H]1C[C@@H](C(C)C)C(=O)O1)C(C)C. The number of alkyl halides is 1. The monoisotopic (exact) mass is 1130 g/mol. The maximum Gasteiger partial charge on any atom is 0.408 e. The molecule has 16 nitrogen and oxygen atoms in total. The van der Waals surface area contributed by atoms with Crippen LogP contribution in [0.25, 0.3) is 0 Å². The van der Waals surface area contributed by atoms with Crippen molar-refractivity contribution >= 4 is 52.1 Å². The van der Waals surface area contributed by atoms with Gasteiger partial charge in [-0.25, -0.2) is 14.4 Å². The van der Waals surface area contributed by atoms with E-state index in [0.29, 0.717) is 49.4 Å². The van der Waals surface area contributed by atoms with Gasteiger partial charge in [0, 0.05) is 11.9 Å². The number of carbonyl (C=O) groups excluding carboxylic acids is 6. The zero-order valence-corrected chi connectivity index (χ0v) is 52.1. The summed E-state index contributed by atoms with van der Waals surface area (Å²) in [6.45, 7) is 43.5. The Labute approximate surface area is 461 Å². The fourth-order valence-electron chi connectivity index (χ4n) is 9.51. The average Bonchev–Trinajstić information content (AvgIpc) is 3.96. The van der Waals surface area contributed by atoms with Crippen molar-refractivity contribution in [2.45, 2.75) is 251 Å². The number of carbonyl (C=O) groups is 6.